The first kappa shape index (κ1) is 18.1. The largest absolute Gasteiger partial charge is 0.489 e. The van der Waals surface area contributed by atoms with Gasteiger partial charge in [-0.05, 0) is 47.9 Å². The molecule has 2 N–H and O–H groups in total. The van der Waals surface area contributed by atoms with Crippen LogP contribution in [0.25, 0.3) is 0 Å². The van der Waals surface area contributed by atoms with E-state index in [4.69, 9.17) is 4.74 Å². The van der Waals surface area contributed by atoms with Crippen LogP contribution in [0.4, 0.5) is 0 Å². The van der Waals surface area contributed by atoms with E-state index in [2.05, 4.69) is 10.3 Å². The number of aliphatic hydroxyl groups is 1. The molecule has 0 spiro atoms. The van der Waals surface area contributed by atoms with Crippen molar-refractivity contribution in [3.05, 3.63) is 95.3 Å². The number of hydrogen-bond acceptors (Lipinski definition) is 4. The molecule has 0 radical (unpaired) electrons. The number of rotatable bonds is 8. The van der Waals surface area contributed by atoms with Gasteiger partial charge in [0.05, 0.1) is 6.10 Å². The van der Waals surface area contributed by atoms with Gasteiger partial charge < -0.3 is 15.2 Å². The second kappa shape index (κ2) is 9.13. The van der Waals surface area contributed by atoms with Crippen molar-refractivity contribution in [1.82, 2.24) is 10.3 Å². The Labute approximate surface area is 154 Å². The molecule has 0 saturated carbocycles. The minimum Gasteiger partial charge on any atom is -0.489 e. The molecule has 26 heavy (non-hydrogen) atoms. The quantitative estimate of drug-likeness (QED) is 0.650. The van der Waals surface area contributed by atoms with Gasteiger partial charge in [0, 0.05) is 25.5 Å². The minimum absolute atomic E-state index is 0.502. The lowest BCUT2D eigenvalue weighted by Crippen LogP contribution is -2.21. The SMILES string of the molecule is Cc1cccc(C(O)CNCc2ccc(OCc3ccncc3)cc2)c1. The van der Waals surface area contributed by atoms with E-state index >= 15 is 0 Å². The second-order valence-electron chi connectivity index (χ2n) is 6.35. The van der Waals surface area contributed by atoms with Gasteiger partial charge in [0.1, 0.15) is 12.4 Å². The molecule has 3 rings (SSSR count). The molecular weight excluding hydrogens is 324 g/mol. The highest BCUT2D eigenvalue weighted by atomic mass is 16.5. The number of nitrogens with zero attached hydrogens (tertiary/aromatic N) is 1. The van der Waals surface area contributed by atoms with Crippen molar-refractivity contribution in [1.29, 1.82) is 0 Å². The molecule has 0 fully saturated rings. The van der Waals surface area contributed by atoms with Gasteiger partial charge >= 0.3 is 0 Å². The van der Waals surface area contributed by atoms with Gasteiger partial charge in [-0.25, -0.2) is 0 Å². The summed E-state index contributed by atoms with van der Waals surface area (Å²) in [5, 5.41) is 13.6. The first-order chi connectivity index (χ1) is 12.7. The summed E-state index contributed by atoms with van der Waals surface area (Å²) in [7, 11) is 0. The van der Waals surface area contributed by atoms with Crippen LogP contribution in [0.5, 0.6) is 5.75 Å². The molecule has 4 heteroatoms. The predicted octanol–water partition coefficient (Wildman–Crippen LogP) is 3.79. The Bertz CT molecular complexity index is 804. The smallest absolute Gasteiger partial charge is 0.119 e. The van der Waals surface area contributed by atoms with Gasteiger partial charge in [0.2, 0.25) is 0 Å². The third-order valence-electron chi connectivity index (χ3n) is 4.17. The van der Waals surface area contributed by atoms with E-state index < -0.39 is 6.10 Å². The Morgan fingerprint density at radius 1 is 1.00 bits per heavy atom. The van der Waals surface area contributed by atoms with Crippen LogP contribution in [-0.4, -0.2) is 16.6 Å². The van der Waals surface area contributed by atoms with Crippen LogP contribution in [0.2, 0.25) is 0 Å². The van der Waals surface area contributed by atoms with E-state index in [1.54, 1.807) is 12.4 Å². The van der Waals surface area contributed by atoms with Gasteiger partial charge in [0.25, 0.3) is 0 Å². The molecule has 0 aliphatic rings. The summed E-state index contributed by atoms with van der Waals surface area (Å²) in [6.07, 6.45) is 3.02. The molecule has 0 amide bonds. The topological polar surface area (TPSA) is 54.4 Å². The number of hydrogen-bond donors (Lipinski definition) is 2. The molecule has 3 aromatic rings. The maximum Gasteiger partial charge on any atom is 0.119 e. The summed E-state index contributed by atoms with van der Waals surface area (Å²) in [5.41, 5.74) is 4.34. The third-order valence-corrected chi connectivity index (χ3v) is 4.17. The molecule has 1 unspecified atom stereocenters. The number of aliphatic hydroxyl groups excluding tert-OH is 1. The highest BCUT2D eigenvalue weighted by Gasteiger charge is 2.07. The Kier molecular flexibility index (Phi) is 6.36. The molecule has 134 valence electrons. The van der Waals surface area contributed by atoms with Crippen LogP contribution in [0, 0.1) is 6.92 Å². The summed E-state index contributed by atoms with van der Waals surface area (Å²) >= 11 is 0. The number of aryl methyl sites for hydroxylation is 1. The minimum atomic E-state index is -0.502. The van der Waals surface area contributed by atoms with Gasteiger partial charge in [-0.15, -0.1) is 0 Å². The Hall–Kier alpha value is -2.69. The zero-order valence-electron chi connectivity index (χ0n) is 14.9. The first-order valence-electron chi connectivity index (χ1n) is 8.77. The number of pyridine rings is 1. The number of nitrogens with one attached hydrogen (secondary N) is 1. The van der Waals surface area contributed by atoms with E-state index in [1.807, 2.05) is 67.6 Å². The van der Waals surface area contributed by atoms with Gasteiger partial charge in [-0.1, -0.05) is 42.0 Å². The molecule has 0 aliphatic carbocycles. The van der Waals surface area contributed by atoms with Crippen molar-refractivity contribution in [3.8, 4) is 5.75 Å². The summed E-state index contributed by atoms with van der Waals surface area (Å²) < 4.78 is 5.77. The first-order valence-corrected chi connectivity index (χ1v) is 8.77. The normalized spacial score (nSPS) is 11.9. The lowest BCUT2D eigenvalue weighted by molar-refractivity contribution is 0.174. The Morgan fingerprint density at radius 2 is 1.77 bits per heavy atom. The van der Waals surface area contributed by atoms with Crippen molar-refractivity contribution < 1.29 is 9.84 Å². The summed E-state index contributed by atoms with van der Waals surface area (Å²) in [6, 6.07) is 19.9. The van der Waals surface area contributed by atoms with E-state index in [0.717, 1.165) is 28.0 Å². The average Bonchev–Trinajstić information content (AvgIpc) is 2.68. The van der Waals surface area contributed by atoms with Gasteiger partial charge in [-0.3, -0.25) is 4.98 Å². The highest BCUT2D eigenvalue weighted by molar-refractivity contribution is 5.28. The summed E-state index contributed by atoms with van der Waals surface area (Å²) in [4.78, 5) is 4.00. The maximum atomic E-state index is 10.3. The van der Waals surface area contributed by atoms with Crippen LogP contribution in [-0.2, 0) is 13.2 Å². The highest BCUT2D eigenvalue weighted by Crippen LogP contribution is 2.15. The van der Waals surface area contributed by atoms with Crippen LogP contribution in [0.3, 0.4) is 0 Å². The molecule has 0 bridgehead atoms. The summed E-state index contributed by atoms with van der Waals surface area (Å²) in [6.45, 7) is 3.78. The molecule has 4 nitrogen and oxygen atoms in total. The van der Waals surface area contributed by atoms with E-state index in [1.165, 1.54) is 0 Å². The summed E-state index contributed by atoms with van der Waals surface area (Å²) in [5.74, 6) is 0.838. The Balaban J connectivity index is 1.44. The van der Waals surface area contributed by atoms with E-state index in [0.29, 0.717) is 19.7 Å². The number of aromatic nitrogens is 1. The number of ether oxygens (including phenoxy) is 1. The lowest BCUT2D eigenvalue weighted by atomic mass is 10.1. The average molecular weight is 348 g/mol. The molecule has 2 aromatic carbocycles. The fourth-order valence-corrected chi connectivity index (χ4v) is 2.70. The standard InChI is InChI=1S/C22H24N2O2/c1-17-3-2-4-20(13-17)22(25)15-24-14-18-5-7-21(8-6-18)26-16-19-9-11-23-12-10-19/h2-13,22,24-25H,14-16H2,1H3. The number of benzene rings is 2. The van der Waals surface area contributed by atoms with Gasteiger partial charge in [0.15, 0.2) is 0 Å². The molecule has 1 heterocycles. The molecule has 1 atom stereocenters. The zero-order valence-corrected chi connectivity index (χ0v) is 14.9. The fraction of sp³-hybridized carbons (Fsp3) is 0.227. The van der Waals surface area contributed by atoms with Crippen molar-refractivity contribution in [2.75, 3.05) is 6.54 Å². The zero-order chi connectivity index (χ0) is 18.2. The third kappa shape index (κ3) is 5.41. The van der Waals surface area contributed by atoms with Crippen molar-refractivity contribution in [2.24, 2.45) is 0 Å². The molecule has 0 saturated heterocycles. The fourth-order valence-electron chi connectivity index (χ4n) is 2.70. The predicted molar refractivity (Wildman–Crippen MR) is 103 cm³/mol. The Morgan fingerprint density at radius 3 is 2.50 bits per heavy atom. The lowest BCUT2D eigenvalue weighted by Gasteiger charge is -2.13. The van der Waals surface area contributed by atoms with Crippen LogP contribution < -0.4 is 10.1 Å². The second-order valence-corrected chi connectivity index (χ2v) is 6.35. The molecule has 0 aliphatic heterocycles. The van der Waals surface area contributed by atoms with Crippen molar-refractivity contribution >= 4 is 0 Å². The van der Waals surface area contributed by atoms with E-state index in [9.17, 15) is 5.11 Å². The van der Waals surface area contributed by atoms with E-state index in [-0.39, 0.29) is 0 Å². The van der Waals surface area contributed by atoms with Crippen LogP contribution in [0.1, 0.15) is 28.4 Å². The van der Waals surface area contributed by atoms with Crippen molar-refractivity contribution in [2.45, 2.75) is 26.2 Å². The van der Waals surface area contributed by atoms with Gasteiger partial charge in [-0.2, -0.15) is 0 Å². The molecular formula is C22H24N2O2. The van der Waals surface area contributed by atoms with Crippen molar-refractivity contribution in [3.63, 3.8) is 0 Å². The monoisotopic (exact) mass is 348 g/mol. The van der Waals surface area contributed by atoms with Crippen LogP contribution in [0.15, 0.2) is 73.1 Å². The molecule has 1 aromatic heterocycles. The van der Waals surface area contributed by atoms with Crippen LogP contribution >= 0.6 is 0 Å². The maximum absolute atomic E-state index is 10.3.